The second-order valence-electron chi connectivity index (χ2n) is 4.63. The van der Waals surface area contributed by atoms with Crippen molar-refractivity contribution in [3.63, 3.8) is 0 Å². The maximum Gasteiger partial charge on any atom is 0.251 e. The molecule has 0 fully saturated rings. The number of hydrogen-bond acceptors (Lipinski definition) is 4. The molecular formula is C16H26N2O3. The first kappa shape index (κ1) is 17.3. The molecule has 118 valence electrons. The molecule has 0 unspecified atom stereocenters. The minimum atomic E-state index is -0.0910. The van der Waals surface area contributed by atoms with E-state index in [-0.39, 0.29) is 5.91 Å². The summed E-state index contributed by atoms with van der Waals surface area (Å²) < 4.78 is 11.0. The number of carbonyl (C=O) groups excluding carboxylic acids is 1. The van der Waals surface area contributed by atoms with Gasteiger partial charge in [0.05, 0.1) is 13.2 Å². The molecule has 0 aromatic heterocycles. The zero-order valence-corrected chi connectivity index (χ0v) is 13.0. The number of nitrogens with one attached hydrogen (secondary N) is 1. The van der Waals surface area contributed by atoms with E-state index >= 15 is 0 Å². The molecule has 21 heavy (non-hydrogen) atoms. The van der Waals surface area contributed by atoms with Crippen LogP contribution in [0.4, 0.5) is 0 Å². The maximum absolute atomic E-state index is 12.1. The van der Waals surface area contributed by atoms with Crippen LogP contribution in [0.3, 0.4) is 0 Å². The van der Waals surface area contributed by atoms with Gasteiger partial charge in [-0.15, -0.1) is 0 Å². The summed E-state index contributed by atoms with van der Waals surface area (Å²) in [6, 6.07) is 5.25. The molecule has 0 saturated heterocycles. The summed E-state index contributed by atoms with van der Waals surface area (Å²) in [5, 5.41) is 2.90. The van der Waals surface area contributed by atoms with Crippen LogP contribution in [0.2, 0.25) is 0 Å². The second-order valence-corrected chi connectivity index (χ2v) is 4.63. The number of carbonyl (C=O) groups is 1. The van der Waals surface area contributed by atoms with Gasteiger partial charge in [-0.25, -0.2) is 0 Å². The molecular weight excluding hydrogens is 268 g/mol. The van der Waals surface area contributed by atoms with E-state index < -0.39 is 0 Å². The van der Waals surface area contributed by atoms with Gasteiger partial charge in [0.2, 0.25) is 0 Å². The van der Waals surface area contributed by atoms with E-state index in [2.05, 4.69) is 5.32 Å². The van der Waals surface area contributed by atoms with Crippen molar-refractivity contribution in [2.24, 2.45) is 5.73 Å². The summed E-state index contributed by atoms with van der Waals surface area (Å²) in [5.41, 5.74) is 6.02. The largest absolute Gasteiger partial charge is 0.490 e. The van der Waals surface area contributed by atoms with Gasteiger partial charge in [0.25, 0.3) is 5.91 Å². The number of nitrogens with two attached hydrogens (primary N) is 1. The Morgan fingerprint density at radius 1 is 1.10 bits per heavy atom. The molecule has 5 nitrogen and oxygen atoms in total. The third-order valence-electron chi connectivity index (χ3n) is 2.97. The molecule has 0 bridgehead atoms. The van der Waals surface area contributed by atoms with Crippen molar-refractivity contribution in [2.45, 2.75) is 33.1 Å². The zero-order chi connectivity index (χ0) is 15.5. The van der Waals surface area contributed by atoms with Gasteiger partial charge < -0.3 is 20.5 Å². The number of benzene rings is 1. The van der Waals surface area contributed by atoms with E-state index in [4.69, 9.17) is 15.2 Å². The molecule has 1 aromatic rings. The fraction of sp³-hybridized carbons (Fsp3) is 0.562. The lowest BCUT2D eigenvalue weighted by Crippen LogP contribution is -2.24. The SMILES string of the molecule is CCOc1ccc(C(=O)NCCCCCN)cc1OCC. The summed E-state index contributed by atoms with van der Waals surface area (Å²) in [4.78, 5) is 12.1. The summed E-state index contributed by atoms with van der Waals surface area (Å²) in [6.45, 7) is 6.27. The van der Waals surface area contributed by atoms with Crippen molar-refractivity contribution in [1.29, 1.82) is 0 Å². The van der Waals surface area contributed by atoms with Crippen molar-refractivity contribution >= 4 is 5.91 Å². The molecule has 0 aliphatic rings. The van der Waals surface area contributed by atoms with E-state index in [1.165, 1.54) is 0 Å². The molecule has 0 spiro atoms. The third-order valence-corrected chi connectivity index (χ3v) is 2.97. The molecule has 0 radical (unpaired) electrons. The number of amides is 1. The predicted molar refractivity (Wildman–Crippen MR) is 84.0 cm³/mol. The highest BCUT2D eigenvalue weighted by atomic mass is 16.5. The summed E-state index contributed by atoms with van der Waals surface area (Å²) in [5.74, 6) is 1.18. The van der Waals surface area contributed by atoms with Crippen LogP contribution in [-0.4, -0.2) is 32.2 Å². The van der Waals surface area contributed by atoms with Gasteiger partial charge in [-0.2, -0.15) is 0 Å². The Kier molecular flexibility index (Phi) is 8.28. The maximum atomic E-state index is 12.1. The van der Waals surface area contributed by atoms with Crippen LogP contribution >= 0.6 is 0 Å². The monoisotopic (exact) mass is 294 g/mol. The van der Waals surface area contributed by atoms with E-state index in [1.807, 2.05) is 13.8 Å². The summed E-state index contributed by atoms with van der Waals surface area (Å²) >= 11 is 0. The highest BCUT2D eigenvalue weighted by Gasteiger charge is 2.11. The fourth-order valence-corrected chi connectivity index (χ4v) is 1.94. The molecule has 3 N–H and O–H groups in total. The minimum Gasteiger partial charge on any atom is -0.490 e. The smallest absolute Gasteiger partial charge is 0.251 e. The standard InChI is InChI=1S/C16H26N2O3/c1-3-20-14-9-8-13(12-15(14)21-4-2)16(19)18-11-7-5-6-10-17/h8-9,12H,3-7,10-11,17H2,1-2H3,(H,18,19). The molecule has 0 atom stereocenters. The Morgan fingerprint density at radius 3 is 2.48 bits per heavy atom. The summed E-state index contributed by atoms with van der Waals surface area (Å²) in [6.07, 6.45) is 2.97. The quantitative estimate of drug-likeness (QED) is 0.650. The van der Waals surface area contributed by atoms with Gasteiger partial charge in [0.15, 0.2) is 11.5 Å². The van der Waals surface area contributed by atoms with Crippen LogP contribution < -0.4 is 20.5 Å². The lowest BCUT2D eigenvalue weighted by molar-refractivity contribution is 0.0952. The van der Waals surface area contributed by atoms with Crippen LogP contribution in [0, 0.1) is 0 Å². The Hall–Kier alpha value is -1.75. The van der Waals surface area contributed by atoms with E-state index in [9.17, 15) is 4.79 Å². The van der Waals surface area contributed by atoms with Crippen LogP contribution in [0.5, 0.6) is 11.5 Å². The van der Waals surface area contributed by atoms with Gasteiger partial charge in [-0.05, 0) is 51.4 Å². The highest BCUT2D eigenvalue weighted by molar-refractivity contribution is 5.94. The zero-order valence-electron chi connectivity index (χ0n) is 13.0. The molecule has 1 rings (SSSR count). The van der Waals surface area contributed by atoms with Crippen molar-refractivity contribution in [3.05, 3.63) is 23.8 Å². The number of hydrogen-bond donors (Lipinski definition) is 2. The Labute approximate surface area is 126 Å². The highest BCUT2D eigenvalue weighted by Crippen LogP contribution is 2.28. The topological polar surface area (TPSA) is 73.6 Å². The van der Waals surface area contributed by atoms with Gasteiger partial charge in [-0.3, -0.25) is 4.79 Å². The van der Waals surface area contributed by atoms with Crippen LogP contribution in [0.15, 0.2) is 18.2 Å². The predicted octanol–water partition coefficient (Wildman–Crippen LogP) is 2.34. The van der Waals surface area contributed by atoms with Gasteiger partial charge in [0, 0.05) is 12.1 Å². The van der Waals surface area contributed by atoms with Crippen molar-refractivity contribution in [3.8, 4) is 11.5 Å². The van der Waals surface area contributed by atoms with E-state index in [1.54, 1.807) is 18.2 Å². The number of ether oxygens (including phenoxy) is 2. The molecule has 5 heteroatoms. The normalized spacial score (nSPS) is 10.2. The molecule has 0 aliphatic carbocycles. The average Bonchev–Trinajstić information content (AvgIpc) is 2.49. The Bertz CT molecular complexity index is 436. The first-order valence-corrected chi connectivity index (χ1v) is 7.60. The molecule has 0 heterocycles. The molecule has 0 aliphatic heterocycles. The fourth-order valence-electron chi connectivity index (χ4n) is 1.94. The van der Waals surface area contributed by atoms with Crippen LogP contribution in [0.1, 0.15) is 43.5 Å². The average molecular weight is 294 g/mol. The van der Waals surface area contributed by atoms with Crippen molar-refractivity contribution in [1.82, 2.24) is 5.32 Å². The minimum absolute atomic E-state index is 0.0910. The van der Waals surface area contributed by atoms with Gasteiger partial charge in [0.1, 0.15) is 0 Å². The van der Waals surface area contributed by atoms with E-state index in [0.717, 1.165) is 19.3 Å². The molecule has 1 aromatic carbocycles. The van der Waals surface area contributed by atoms with Gasteiger partial charge in [-0.1, -0.05) is 6.42 Å². The van der Waals surface area contributed by atoms with Crippen molar-refractivity contribution < 1.29 is 14.3 Å². The van der Waals surface area contributed by atoms with Gasteiger partial charge >= 0.3 is 0 Å². The third kappa shape index (κ3) is 6.04. The molecule has 1 amide bonds. The number of unbranched alkanes of at least 4 members (excludes halogenated alkanes) is 2. The second kappa shape index (κ2) is 10.0. The lowest BCUT2D eigenvalue weighted by atomic mass is 10.1. The first-order chi connectivity index (χ1) is 10.2. The number of rotatable bonds is 10. The van der Waals surface area contributed by atoms with Crippen molar-refractivity contribution in [2.75, 3.05) is 26.3 Å². The van der Waals surface area contributed by atoms with Crippen LogP contribution in [0.25, 0.3) is 0 Å². The Morgan fingerprint density at radius 2 is 1.81 bits per heavy atom. The first-order valence-electron chi connectivity index (χ1n) is 7.60. The molecule has 0 saturated carbocycles. The lowest BCUT2D eigenvalue weighted by Gasteiger charge is -2.12. The van der Waals surface area contributed by atoms with Crippen LogP contribution in [-0.2, 0) is 0 Å². The van der Waals surface area contributed by atoms with E-state index in [0.29, 0.717) is 43.4 Å². The summed E-state index contributed by atoms with van der Waals surface area (Å²) in [7, 11) is 0. The Balaban J connectivity index is 2.60.